The molecule has 0 aromatic heterocycles. The number of nitrogens with one attached hydrogen (secondary N) is 2. The van der Waals surface area contributed by atoms with E-state index in [0.29, 0.717) is 5.12 Å². The van der Waals surface area contributed by atoms with Crippen molar-refractivity contribution in [2.45, 2.75) is 0 Å². The van der Waals surface area contributed by atoms with E-state index < -0.39 is 12.1 Å². The van der Waals surface area contributed by atoms with E-state index in [1.165, 1.54) is 0 Å². The van der Waals surface area contributed by atoms with Crippen molar-refractivity contribution in [2.75, 3.05) is 0 Å². The fraction of sp³-hybridized carbons (Fsp3) is 0. The Bertz CT molecular complexity index is 154. The van der Waals surface area contributed by atoms with Gasteiger partial charge < -0.3 is 7.16 Å². The predicted octanol–water partition coefficient (Wildman–Crippen LogP) is -5.55. The minimum Gasteiger partial charge on any atom is -1.00 e. The van der Waals surface area contributed by atoms with Gasteiger partial charge in [-0.15, -0.1) is 0 Å². The Kier molecular flexibility index (Phi) is 7.36. The number of rotatable bonds is 0. The zero-order valence-electron chi connectivity index (χ0n) is 7.00. The molecular formula is C2H9N6NaO2. The molecule has 0 unspecified atom stereocenters. The number of carbonyl (C=O) groups is 2. The van der Waals surface area contributed by atoms with Crippen LogP contribution in [0.4, 0.5) is 9.59 Å². The molecule has 9 heteroatoms. The molecule has 0 saturated heterocycles. The Morgan fingerprint density at radius 1 is 1.45 bits per heavy atom. The number of hydrazine groups is 3. The maximum Gasteiger partial charge on any atom is 1.00 e. The molecule has 0 aromatic carbocycles. The van der Waals surface area contributed by atoms with E-state index in [9.17, 15) is 9.59 Å². The van der Waals surface area contributed by atoms with E-state index in [1.807, 2.05) is 0 Å². The van der Waals surface area contributed by atoms with Crippen molar-refractivity contribution in [3.05, 3.63) is 0 Å². The summed E-state index contributed by atoms with van der Waals surface area (Å²) in [5.74, 6) is 9.49. The number of carbonyl (C=O) groups excluding carboxylic acids is 2. The van der Waals surface area contributed by atoms with Crippen LogP contribution in [0.1, 0.15) is 1.43 Å². The van der Waals surface area contributed by atoms with Gasteiger partial charge in [-0.1, -0.05) is 0 Å². The summed E-state index contributed by atoms with van der Waals surface area (Å²) in [7, 11) is 0. The summed E-state index contributed by atoms with van der Waals surface area (Å²) in [5.41, 5.74) is 8.01. The quantitative estimate of drug-likeness (QED) is 0.107. The molecule has 0 aliphatic rings. The zero-order chi connectivity index (χ0) is 8.15. The van der Waals surface area contributed by atoms with Crippen LogP contribution in [-0.2, 0) is 0 Å². The first-order valence-corrected chi connectivity index (χ1v) is 2.19. The van der Waals surface area contributed by atoms with Crippen molar-refractivity contribution in [3.63, 3.8) is 0 Å². The number of nitrogens with two attached hydrogens (primary N) is 3. The second kappa shape index (κ2) is 6.19. The number of amides is 4. The molecule has 0 aliphatic heterocycles. The van der Waals surface area contributed by atoms with E-state index in [1.54, 1.807) is 10.9 Å². The van der Waals surface area contributed by atoms with Crippen LogP contribution in [0.15, 0.2) is 0 Å². The van der Waals surface area contributed by atoms with Crippen molar-refractivity contribution >= 4 is 12.1 Å². The summed E-state index contributed by atoms with van der Waals surface area (Å²) in [5, 5.41) is 0.322. The van der Waals surface area contributed by atoms with Crippen LogP contribution in [0.3, 0.4) is 0 Å². The van der Waals surface area contributed by atoms with Crippen molar-refractivity contribution in [2.24, 2.45) is 17.4 Å². The van der Waals surface area contributed by atoms with Gasteiger partial charge in [0.25, 0.3) is 0 Å². The molecule has 0 radical (unpaired) electrons. The molecule has 11 heavy (non-hydrogen) atoms. The molecule has 0 bridgehead atoms. The number of hydrogen-bond donors (Lipinski definition) is 5. The predicted molar refractivity (Wildman–Crippen MR) is 32.6 cm³/mol. The number of primary amides is 1. The van der Waals surface area contributed by atoms with Crippen LogP contribution in [0.5, 0.6) is 0 Å². The van der Waals surface area contributed by atoms with E-state index >= 15 is 0 Å². The maximum absolute atomic E-state index is 10.3. The van der Waals surface area contributed by atoms with Gasteiger partial charge in [0.15, 0.2) is 0 Å². The normalized spacial score (nSPS) is 7.45. The van der Waals surface area contributed by atoms with Crippen molar-refractivity contribution < 1.29 is 40.6 Å². The topological polar surface area (TPSA) is 140 Å². The zero-order valence-corrected chi connectivity index (χ0v) is 8.00. The Morgan fingerprint density at radius 2 is 1.91 bits per heavy atom. The summed E-state index contributed by atoms with van der Waals surface area (Å²) in [6, 6.07) is -1.83. The SMILES string of the molecule is NNC(=O)N(N)NC(N)=O.[H-].[Na+]. The average molecular weight is 172 g/mol. The molecule has 8 nitrogen and oxygen atoms in total. The molecule has 8 N–H and O–H groups in total. The monoisotopic (exact) mass is 172 g/mol. The van der Waals surface area contributed by atoms with Gasteiger partial charge in [0.1, 0.15) is 0 Å². The Morgan fingerprint density at radius 3 is 2.18 bits per heavy atom. The largest absolute Gasteiger partial charge is 1.00 e. The van der Waals surface area contributed by atoms with Crippen molar-refractivity contribution in [1.82, 2.24) is 16.0 Å². The first kappa shape index (κ1) is 13.1. The fourth-order valence-corrected chi connectivity index (χ4v) is 0.239. The molecule has 0 rings (SSSR count). The Labute approximate surface area is 86.1 Å². The van der Waals surface area contributed by atoms with Gasteiger partial charge >= 0.3 is 41.6 Å². The molecule has 0 aromatic rings. The summed E-state index contributed by atoms with van der Waals surface area (Å²) in [6.07, 6.45) is 0. The van der Waals surface area contributed by atoms with Crippen LogP contribution in [0, 0.1) is 0 Å². The fourth-order valence-electron chi connectivity index (χ4n) is 0.239. The average Bonchev–Trinajstić information content (AvgIpc) is 1.85. The van der Waals surface area contributed by atoms with E-state index in [4.69, 9.17) is 5.84 Å². The first-order valence-electron chi connectivity index (χ1n) is 2.19. The van der Waals surface area contributed by atoms with E-state index in [-0.39, 0.29) is 31.0 Å². The molecule has 0 heterocycles. The standard InChI is InChI=1S/C2H8N6O2.Na.H/c3-1(9)7-8(5)2(10)6-4;;/h4-5H2,(H,6,10)(H3,3,7,9);;/q;+1;-1. The van der Waals surface area contributed by atoms with Gasteiger partial charge in [0.2, 0.25) is 0 Å². The molecular weight excluding hydrogens is 163 g/mol. The summed E-state index contributed by atoms with van der Waals surface area (Å²) in [6.45, 7) is 0. The molecule has 0 fully saturated rings. The second-order valence-electron chi connectivity index (χ2n) is 1.30. The Balaban J connectivity index is -0.000000405. The Hall–Kier alpha value is -0.540. The number of urea groups is 2. The summed E-state index contributed by atoms with van der Waals surface area (Å²) < 4.78 is 0. The molecule has 0 saturated carbocycles. The van der Waals surface area contributed by atoms with Crippen LogP contribution in [0.2, 0.25) is 0 Å². The van der Waals surface area contributed by atoms with Gasteiger partial charge in [-0.3, -0.25) is 5.43 Å². The minimum atomic E-state index is -0.953. The van der Waals surface area contributed by atoms with Gasteiger partial charge in [-0.25, -0.2) is 26.7 Å². The number of hydrogen-bond acceptors (Lipinski definition) is 4. The second-order valence-corrected chi connectivity index (χ2v) is 1.30. The molecule has 0 atom stereocenters. The minimum absolute atomic E-state index is 0. The smallest absolute Gasteiger partial charge is 1.00 e. The van der Waals surface area contributed by atoms with Gasteiger partial charge in [-0.05, 0) is 0 Å². The maximum atomic E-state index is 10.3. The molecule has 60 valence electrons. The summed E-state index contributed by atoms with van der Waals surface area (Å²) >= 11 is 0. The first-order chi connectivity index (χ1) is 4.57. The molecule has 0 aliphatic carbocycles. The summed E-state index contributed by atoms with van der Waals surface area (Å²) in [4.78, 5) is 20.3. The van der Waals surface area contributed by atoms with Crippen LogP contribution >= 0.6 is 0 Å². The van der Waals surface area contributed by atoms with Gasteiger partial charge in [0, 0.05) is 0 Å². The number of nitrogens with zero attached hydrogens (tertiary/aromatic N) is 1. The third-order valence-corrected chi connectivity index (χ3v) is 0.573. The van der Waals surface area contributed by atoms with Crippen LogP contribution in [-0.4, -0.2) is 17.2 Å². The third kappa shape index (κ3) is 5.88. The third-order valence-electron chi connectivity index (χ3n) is 0.573. The van der Waals surface area contributed by atoms with E-state index in [2.05, 4.69) is 11.6 Å². The van der Waals surface area contributed by atoms with Gasteiger partial charge in [0.05, 0.1) is 0 Å². The van der Waals surface area contributed by atoms with Crippen molar-refractivity contribution in [1.29, 1.82) is 0 Å². The van der Waals surface area contributed by atoms with Crippen LogP contribution < -0.4 is 57.8 Å². The van der Waals surface area contributed by atoms with E-state index in [0.717, 1.165) is 0 Å². The van der Waals surface area contributed by atoms with Crippen molar-refractivity contribution in [3.8, 4) is 0 Å². The molecule has 0 spiro atoms. The van der Waals surface area contributed by atoms with Gasteiger partial charge in [-0.2, -0.15) is 5.12 Å². The van der Waals surface area contributed by atoms with Crippen LogP contribution in [0.25, 0.3) is 0 Å². The molecule has 4 amide bonds.